The topological polar surface area (TPSA) is 29.5 Å². The number of aryl methyl sites for hydroxylation is 2. The van der Waals surface area contributed by atoms with Crippen molar-refractivity contribution in [3.8, 4) is 5.75 Å². The van der Waals surface area contributed by atoms with Crippen molar-refractivity contribution in [1.82, 2.24) is 0 Å². The lowest BCUT2D eigenvalue weighted by atomic mass is 10.0. The molecule has 1 heterocycles. The number of ether oxygens (including phenoxy) is 1. The molecule has 0 aromatic heterocycles. The van der Waals surface area contributed by atoms with Crippen LogP contribution in [0.4, 0.5) is 5.69 Å². The number of fused-ring (bicyclic) bond motifs is 1. The van der Waals surface area contributed by atoms with Crippen LogP contribution in [0.3, 0.4) is 0 Å². The molecular weight excluding hydrogens is 286 g/mol. The summed E-state index contributed by atoms with van der Waals surface area (Å²) in [4.78, 5) is 14.7. The van der Waals surface area contributed by atoms with Gasteiger partial charge >= 0.3 is 0 Å². The Morgan fingerprint density at radius 2 is 1.91 bits per heavy atom. The summed E-state index contributed by atoms with van der Waals surface area (Å²) in [6, 6.07) is 16.1. The van der Waals surface area contributed by atoms with Crippen molar-refractivity contribution in [2.45, 2.75) is 39.2 Å². The maximum absolute atomic E-state index is 12.9. The summed E-state index contributed by atoms with van der Waals surface area (Å²) in [5.74, 6) is 0.837. The maximum Gasteiger partial charge on any atom is 0.267 e. The minimum Gasteiger partial charge on any atom is -0.481 e. The molecule has 0 aliphatic carbocycles. The van der Waals surface area contributed by atoms with Crippen LogP contribution >= 0.6 is 0 Å². The summed E-state index contributed by atoms with van der Waals surface area (Å²) in [6.07, 6.45) is 2.44. The van der Waals surface area contributed by atoms with E-state index in [4.69, 9.17) is 4.74 Å². The molecule has 3 nitrogen and oxygen atoms in total. The lowest BCUT2D eigenvalue weighted by molar-refractivity contribution is -0.124. The van der Waals surface area contributed by atoms with Crippen molar-refractivity contribution in [2.24, 2.45) is 0 Å². The van der Waals surface area contributed by atoms with E-state index < -0.39 is 6.10 Å². The van der Waals surface area contributed by atoms with Crippen LogP contribution in [0.1, 0.15) is 31.4 Å². The average Bonchev–Trinajstić information content (AvgIpc) is 2.61. The maximum atomic E-state index is 12.9. The van der Waals surface area contributed by atoms with Crippen molar-refractivity contribution >= 4 is 11.6 Å². The quantitative estimate of drug-likeness (QED) is 0.854. The van der Waals surface area contributed by atoms with Crippen molar-refractivity contribution in [1.29, 1.82) is 0 Å². The van der Waals surface area contributed by atoms with E-state index in [9.17, 15) is 4.79 Å². The van der Waals surface area contributed by atoms with Gasteiger partial charge in [0.05, 0.1) is 0 Å². The lowest BCUT2D eigenvalue weighted by Crippen LogP contribution is -2.43. The minimum absolute atomic E-state index is 0.0306. The second-order valence-corrected chi connectivity index (χ2v) is 5.94. The molecular formula is C20H23NO2. The zero-order chi connectivity index (χ0) is 16.2. The van der Waals surface area contributed by atoms with Gasteiger partial charge in [0.1, 0.15) is 5.75 Å². The first-order valence-corrected chi connectivity index (χ1v) is 8.34. The first-order chi connectivity index (χ1) is 11.2. The molecule has 0 unspecified atom stereocenters. The van der Waals surface area contributed by atoms with Gasteiger partial charge in [-0.15, -0.1) is 0 Å². The van der Waals surface area contributed by atoms with Gasteiger partial charge in [-0.3, -0.25) is 4.79 Å². The fourth-order valence-corrected chi connectivity index (χ4v) is 3.13. The van der Waals surface area contributed by atoms with Crippen LogP contribution in [-0.4, -0.2) is 18.6 Å². The number of rotatable bonds is 4. The highest BCUT2D eigenvalue weighted by molar-refractivity contribution is 5.97. The molecule has 0 fully saturated rings. The van der Waals surface area contributed by atoms with E-state index in [0.717, 1.165) is 42.8 Å². The highest BCUT2D eigenvalue weighted by Crippen LogP contribution is 2.28. The van der Waals surface area contributed by atoms with Crippen molar-refractivity contribution in [3.05, 3.63) is 59.7 Å². The van der Waals surface area contributed by atoms with Gasteiger partial charge in [0.2, 0.25) is 0 Å². The molecule has 120 valence electrons. The van der Waals surface area contributed by atoms with E-state index >= 15 is 0 Å². The van der Waals surface area contributed by atoms with Crippen LogP contribution in [0, 0.1) is 0 Å². The van der Waals surface area contributed by atoms with Crippen molar-refractivity contribution < 1.29 is 9.53 Å². The van der Waals surface area contributed by atoms with Gasteiger partial charge in [0, 0.05) is 12.2 Å². The Morgan fingerprint density at radius 1 is 1.17 bits per heavy atom. The molecule has 3 heteroatoms. The zero-order valence-electron chi connectivity index (χ0n) is 13.8. The molecule has 3 rings (SSSR count). The number of nitrogens with zero attached hydrogens (tertiary/aromatic N) is 1. The molecule has 2 aromatic carbocycles. The molecule has 1 aliphatic heterocycles. The monoisotopic (exact) mass is 309 g/mol. The first-order valence-electron chi connectivity index (χ1n) is 8.34. The summed E-state index contributed by atoms with van der Waals surface area (Å²) in [5.41, 5.74) is 3.41. The summed E-state index contributed by atoms with van der Waals surface area (Å²) >= 11 is 0. The van der Waals surface area contributed by atoms with E-state index in [2.05, 4.69) is 13.0 Å². The Hall–Kier alpha value is -2.29. The Kier molecular flexibility index (Phi) is 4.65. The Balaban J connectivity index is 1.78. The number of carbonyl (C=O) groups excluding carboxylic acids is 1. The minimum atomic E-state index is -0.492. The third-order valence-electron chi connectivity index (χ3n) is 4.38. The highest BCUT2D eigenvalue weighted by Gasteiger charge is 2.27. The fraction of sp³-hybridized carbons (Fsp3) is 0.350. The lowest BCUT2D eigenvalue weighted by Gasteiger charge is -2.31. The first kappa shape index (κ1) is 15.6. The second-order valence-electron chi connectivity index (χ2n) is 5.94. The Bertz CT molecular complexity index is 696. The van der Waals surface area contributed by atoms with Crippen molar-refractivity contribution in [3.63, 3.8) is 0 Å². The summed E-state index contributed by atoms with van der Waals surface area (Å²) in [5, 5.41) is 0. The van der Waals surface area contributed by atoms with Gasteiger partial charge in [-0.1, -0.05) is 43.3 Å². The Labute approximate surface area is 137 Å². The largest absolute Gasteiger partial charge is 0.481 e. The van der Waals surface area contributed by atoms with Crippen molar-refractivity contribution in [2.75, 3.05) is 11.4 Å². The number of carbonyl (C=O) groups is 1. The number of hydrogen-bond donors (Lipinski definition) is 0. The Morgan fingerprint density at radius 3 is 2.74 bits per heavy atom. The fourth-order valence-electron chi connectivity index (χ4n) is 3.13. The molecule has 23 heavy (non-hydrogen) atoms. The molecule has 0 saturated heterocycles. The van der Waals surface area contributed by atoms with Crippen LogP contribution in [0.25, 0.3) is 0 Å². The van der Waals surface area contributed by atoms with E-state index in [1.165, 1.54) is 5.56 Å². The predicted octanol–water partition coefficient (Wildman–Crippen LogP) is 4.00. The number of anilines is 1. The highest BCUT2D eigenvalue weighted by atomic mass is 16.5. The number of para-hydroxylation sites is 2. The molecule has 0 saturated carbocycles. The van der Waals surface area contributed by atoms with Gasteiger partial charge in [-0.25, -0.2) is 0 Å². The van der Waals surface area contributed by atoms with Gasteiger partial charge in [-0.2, -0.15) is 0 Å². The van der Waals surface area contributed by atoms with Crippen LogP contribution in [0.15, 0.2) is 48.5 Å². The molecule has 1 amide bonds. The number of hydrogen-bond acceptors (Lipinski definition) is 2. The van der Waals surface area contributed by atoms with Crippen LogP contribution in [-0.2, 0) is 17.6 Å². The summed E-state index contributed by atoms with van der Waals surface area (Å²) in [6.45, 7) is 4.69. The molecule has 1 aliphatic rings. The smallest absolute Gasteiger partial charge is 0.267 e. The SMILES string of the molecule is CCc1ccccc1O[C@H](C)C(=O)N1CCCc2ccccc21. The number of benzene rings is 2. The van der Waals surface area contributed by atoms with Crippen LogP contribution < -0.4 is 9.64 Å². The summed E-state index contributed by atoms with van der Waals surface area (Å²) < 4.78 is 5.98. The molecule has 0 radical (unpaired) electrons. The van der Waals surface area contributed by atoms with Gasteiger partial charge in [-0.05, 0) is 49.4 Å². The zero-order valence-corrected chi connectivity index (χ0v) is 13.8. The summed E-state index contributed by atoms with van der Waals surface area (Å²) in [7, 11) is 0. The van der Waals surface area contributed by atoms with Gasteiger partial charge in [0.25, 0.3) is 5.91 Å². The molecule has 1 atom stereocenters. The van der Waals surface area contributed by atoms with Crippen LogP contribution in [0.5, 0.6) is 5.75 Å². The normalized spacial score (nSPS) is 15.0. The van der Waals surface area contributed by atoms with Gasteiger partial charge < -0.3 is 9.64 Å². The van der Waals surface area contributed by atoms with E-state index in [1.807, 2.05) is 54.3 Å². The molecule has 0 bridgehead atoms. The predicted molar refractivity (Wildman–Crippen MR) is 93.0 cm³/mol. The molecule has 2 aromatic rings. The average molecular weight is 309 g/mol. The third kappa shape index (κ3) is 3.24. The second kappa shape index (κ2) is 6.86. The standard InChI is InChI=1S/C20H23NO2/c1-3-16-9-5-7-13-19(16)23-15(2)20(22)21-14-8-11-17-10-4-6-12-18(17)21/h4-7,9-10,12-13,15H,3,8,11,14H2,1-2H3/t15-/m1/s1. The van der Waals surface area contributed by atoms with Gasteiger partial charge in [0.15, 0.2) is 6.10 Å². The molecule has 0 spiro atoms. The third-order valence-corrected chi connectivity index (χ3v) is 4.38. The molecule has 0 N–H and O–H groups in total. The van der Waals surface area contributed by atoms with E-state index in [0.29, 0.717) is 0 Å². The van der Waals surface area contributed by atoms with E-state index in [-0.39, 0.29) is 5.91 Å². The number of amides is 1. The van der Waals surface area contributed by atoms with Crippen LogP contribution in [0.2, 0.25) is 0 Å². The van der Waals surface area contributed by atoms with E-state index in [1.54, 1.807) is 0 Å².